The maximum atomic E-state index is 12.5. The Bertz CT molecular complexity index is 3780. The molecule has 2 amide bonds. The van der Waals surface area contributed by atoms with E-state index in [0.29, 0.717) is 45.2 Å². The van der Waals surface area contributed by atoms with E-state index in [1.54, 1.807) is 61.4 Å². The molecule has 3 aliphatic heterocycles. The molecule has 26 nitrogen and oxygen atoms in total. The Kier molecular flexibility index (Phi) is 28.0. The molecule has 0 unspecified atom stereocenters. The number of ether oxygens (including phenoxy) is 6. The number of para-hydroxylation sites is 1. The average molecular weight is 1400 g/mol. The van der Waals surface area contributed by atoms with Gasteiger partial charge in [0.1, 0.15) is 33.5 Å². The van der Waals surface area contributed by atoms with Crippen LogP contribution < -0.4 is 50.0 Å². The molecular weight excluding hydrogens is 1310 g/mol. The molecule has 4 N–H and O–H groups in total. The molecule has 0 radical (unpaired) electrons. The predicted molar refractivity (Wildman–Crippen MR) is 382 cm³/mol. The Morgan fingerprint density at radius 3 is 1.55 bits per heavy atom. The van der Waals surface area contributed by atoms with Gasteiger partial charge >= 0.3 is 23.6 Å². The van der Waals surface area contributed by atoms with E-state index >= 15 is 0 Å². The second-order valence-electron chi connectivity index (χ2n) is 25.8. The first-order valence-electron chi connectivity index (χ1n) is 32.1. The third-order valence-corrected chi connectivity index (χ3v) is 17.6. The first-order chi connectivity index (χ1) is 46.2. The zero-order valence-electron chi connectivity index (χ0n) is 58.4. The van der Waals surface area contributed by atoms with Gasteiger partial charge in [0.15, 0.2) is 27.2 Å². The molecular formula is C69H94ClFN12O14S. The maximum Gasteiger partial charge on any atom is 0.410 e. The quantitative estimate of drug-likeness (QED) is 0.0409. The number of piperidine rings is 3. The third-order valence-electron chi connectivity index (χ3n) is 16.5. The lowest BCUT2D eigenvalue weighted by Crippen LogP contribution is -2.47. The number of nitrogens with two attached hydrogens (primary N) is 1. The summed E-state index contributed by atoms with van der Waals surface area (Å²) >= 11 is 6.36. The van der Waals surface area contributed by atoms with Crippen LogP contribution in [0.25, 0.3) is 0 Å². The number of halogens is 2. The molecule has 3 saturated heterocycles. The van der Waals surface area contributed by atoms with Gasteiger partial charge in [-0.2, -0.15) is 4.98 Å². The van der Waals surface area contributed by atoms with Gasteiger partial charge < -0.3 is 69.3 Å². The number of hydrogen-bond donors (Lipinski definition) is 3. The van der Waals surface area contributed by atoms with Crippen molar-refractivity contribution in [1.29, 1.82) is 0 Å². The summed E-state index contributed by atoms with van der Waals surface area (Å²) in [6.45, 7) is 18.8. The minimum atomic E-state index is -3.21. The fraction of sp³-hybridized carbons (Fsp3) is 0.478. The van der Waals surface area contributed by atoms with Crippen molar-refractivity contribution in [2.45, 2.75) is 122 Å². The minimum Gasteiger partial charge on any atom is -0.495 e. The fourth-order valence-corrected chi connectivity index (χ4v) is 12.0. The average Bonchev–Trinajstić information content (AvgIpc) is 0.829. The van der Waals surface area contributed by atoms with Crippen LogP contribution in [0.2, 0.25) is 5.02 Å². The number of methoxy groups -OCH3 is 4. The Hall–Kier alpha value is -9.31. The number of nitro groups is 2. The second kappa shape index (κ2) is 35.3. The highest BCUT2D eigenvalue weighted by Gasteiger charge is 2.32. The summed E-state index contributed by atoms with van der Waals surface area (Å²) in [7, 11) is 6.32. The summed E-state index contributed by atoms with van der Waals surface area (Å²) in [5.41, 5.74) is 10.3. The zero-order valence-corrected chi connectivity index (χ0v) is 60.0. The van der Waals surface area contributed by atoms with E-state index in [1.807, 2.05) is 85.0 Å². The highest BCUT2D eigenvalue weighted by molar-refractivity contribution is 7.89. The van der Waals surface area contributed by atoms with Gasteiger partial charge in [0.2, 0.25) is 5.95 Å². The molecule has 0 atom stereocenters. The molecule has 3 aliphatic rings. The highest BCUT2D eigenvalue weighted by atomic mass is 35.5. The molecule has 98 heavy (non-hydrogen) atoms. The monoisotopic (exact) mass is 1400 g/mol. The summed E-state index contributed by atoms with van der Waals surface area (Å²) in [6, 6.07) is 27.3. The van der Waals surface area contributed by atoms with Crippen molar-refractivity contribution in [2.75, 3.05) is 119 Å². The van der Waals surface area contributed by atoms with Crippen molar-refractivity contribution in [1.82, 2.24) is 19.8 Å². The van der Waals surface area contributed by atoms with Crippen molar-refractivity contribution in [3.63, 3.8) is 0 Å². The lowest BCUT2D eigenvalue weighted by Gasteiger charge is -2.38. The SMILES string of the molecule is CCC1CCN(c2ccc(Nc3ncc(Cl)c(Nc4ccccc4CS(C)(=O)=O)n3)c(OC)c2)CC1.COc1cc(F)ccc1[N+](=O)[O-].COc1cc(N2CCC(N(C)C(=O)OC(C)(C)C)CC2)ccc1N.COc1cc(N2CCC(N(C)C(=O)OC(C)(C)C)CC2)ccc1[N+](=O)[O-]. The molecule has 0 bridgehead atoms. The first kappa shape index (κ1) is 77.7. The van der Waals surface area contributed by atoms with E-state index in [9.17, 15) is 42.6 Å². The number of aromatic nitrogens is 2. The van der Waals surface area contributed by atoms with Crippen LogP contribution in [0.5, 0.6) is 23.0 Å². The van der Waals surface area contributed by atoms with Gasteiger partial charge in [-0.15, -0.1) is 0 Å². The molecule has 5 aromatic carbocycles. The van der Waals surface area contributed by atoms with Crippen molar-refractivity contribution >= 4 is 90.9 Å². The number of sulfone groups is 1. The van der Waals surface area contributed by atoms with Gasteiger partial charge in [0, 0.05) is 131 Å². The molecule has 534 valence electrons. The van der Waals surface area contributed by atoms with E-state index < -0.39 is 36.7 Å². The van der Waals surface area contributed by atoms with E-state index in [1.165, 1.54) is 52.0 Å². The van der Waals surface area contributed by atoms with Gasteiger partial charge in [0.25, 0.3) is 0 Å². The second-order valence-corrected chi connectivity index (χ2v) is 28.4. The van der Waals surface area contributed by atoms with Gasteiger partial charge in [-0.1, -0.05) is 43.1 Å². The number of nitro benzene ring substituents is 2. The van der Waals surface area contributed by atoms with E-state index in [0.717, 1.165) is 112 Å². The Morgan fingerprint density at radius 1 is 0.643 bits per heavy atom. The molecule has 0 spiro atoms. The standard InChI is InChI=1S/C26H32ClN5O3S.C18H27N3O5.C18H29N3O3.C7H6FNO3/c1-4-18-11-13-32(14-12-18)20-9-10-23(24(15-20)35-2)30-26-28-16-21(27)25(31-26)29-22-8-6-5-7-19(22)17-36(3,33)34;1-18(2,3)26-17(22)19(4)13-8-10-20(11-9-13)14-6-7-15(21(23)24)16(12-14)25-5;1-18(2,3)24-17(22)20(4)13-8-10-21(11-9-13)14-6-7-15(19)16(12-14)23-5;1-12-7-4-5(8)2-3-6(7)9(10)11/h5-10,15-16,18H,4,11-14,17H2,1-3H3,(H2,28,29,30,31);6-7,12-13H,8-11H2,1-5H3;6-7,12-13H,8-11,19H2,1-5H3;2-4H,1H3. The highest BCUT2D eigenvalue weighted by Crippen LogP contribution is 2.37. The Morgan fingerprint density at radius 2 is 1.08 bits per heavy atom. The number of carbonyl (C=O) groups is 2. The molecule has 4 heterocycles. The van der Waals surface area contributed by atoms with Crippen LogP contribution in [0.4, 0.5) is 71.2 Å². The normalized spacial score (nSPS) is 14.5. The fourth-order valence-electron chi connectivity index (χ4n) is 11.1. The smallest absolute Gasteiger partial charge is 0.410 e. The van der Waals surface area contributed by atoms with Gasteiger partial charge in [-0.3, -0.25) is 20.2 Å². The van der Waals surface area contributed by atoms with Crippen LogP contribution in [0.15, 0.2) is 103 Å². The molecule has 9 rings (SSSR count). The maximum absolute atomic E-state index is 12.5. The van der Waals surface area contributed by atoms with Crippen LogP contribution in [0, 0.1) is 32.0 Å². The number of carbonyl (C=O) groups excluding carboxylic acids is 2. The van der Waals surface area contributed by atoms with Crippen LogP contribution >= 0.6 is 11.6 Å². The number of hydrogen-bond acceptors (Lipinski definition) is 22. The Balaban J connectivity index is 0.000000218. The van der Waals surface area contributed by atoms with Crippen LogP contribution in [0.1, 0.15) is 99.0 Å². The van der Waals surface area contributed by atoms with Crippen molar-refractivity contribution < 1.29 is 60.7 Å². The molecule has 3 fully saturated rings. The Labute approximate surface area is 579 Å². The molecule has 6 aromatic rings. The lowest BCUT2D eigenvalue weighted by atomic mass is 9.94. The number of benzene rings is 5. The molecule has 0 aliphatic carbocycles. The number of nitrogens with one attached hydrogen (secondary N) is 2. The van der Waals surface area contributed by atoms with Crippen molar-refractivity contribution in [2.24, 2.45) is 5.92 Å². The van der Waals surface area contributed by atoms with Gasteiger partial charge in [-0.05, 0) is 134 Å². The van der Waals surface area contributed by atoms with Gasteiger partial charge in [0.05, 0.1) is 61.6 Å². The molecule has 0 saturated carbocycles. The number of nitrogen functional groups attached to an aromatic ring is 1. The summed E-state index contributed by atoms with van der Waals surface area (Å²) < 4.78 is 67.7. The predicted octanol–water partition coefficient (Wildman–Crippen LogP) is 14.1. The van der Waals surface area contributed by atoms with E-state index in [4.69, 9.17) is 41.0 Å². The van der Waals surface area contributed by atoms with E-state index in [2.05, 4.69) is 53.0 Å². The molecule has 29 heteroatoms. The first-order valence-corrected chi connectivity index (χ1v) is 34.6. The number of amides is 2. The zero-order chi connectivity index (χ0) is 72.2. The molecule has 1 aromatic heterocycles. The van der Waals surface area contributed by atoms with Crippen molar-refractivity contribution in [3.8, 4) is 23.0 Å². The largest absolute Gasteiger partial charge is 0.495 e. The minimum absolute atomic E-state index is 0.0456. The van der Waals surface area contributed by atoms with Crippen LogP contribution in [0.3, 0.4) is 0 Å². The topological polar surface area (TPSA) is 302 Å². The third kappa shape index (κ3) is 23.2. The number of rotatable bonds is 18. The van der Waals surface area contributed by atoms with Crippen LogP contribution in [-0.4, -0.2) is 162 Å². The summed E-state index contributed by atoms with van der Waals surface area (Å²) in [5, 5.41) is 28.0. The lowest BCUT2D eigenvalue weighted by molar-refractivity contribution is -0.385. The number of nitrogens with zero attached hydrogens (tertiary/aromatic N) is 9. The van der Waals surface area contributed by atoms with Crippen molar-refractivity contribution in [3.05, 3.63) is 140 Å². The van der Waals surface area contributed by atoms with Gasteiger partial charge in [-0.25, -0.2) is 27.4 Å². The van der Waals surface area contributed by atoms with E-state index in [-0.39, 0.29) is 52.9 Å². The summed E-state index contributed by atoms with van der Waals surface area (Å²) in [6.07, 6.45) is 9.20. The van der Waals surface area contributed by atoms with Crippen LogP contribution in [-0.2, 0) is 25.1 Å². The summed E-state index contributed by atoms with van der Waals surface area (Å²) in [4.78, 5) is 63.7. The summed E-state index contributed by atoms with van der Waals surface area (Å²) in [5.74, 6) is 2.42. The number of anilines is 8.